The number of nitrogens with one attached hydrogen (secondary N) is 1. The Labute approximate surface area is 248 Å². The molecular formula is C34H37N3O4S. The Kier molecular flexibility index (Phi) is 8.64. The molecular weight excluding hydrogens is 546 g/mol. The summed E-state index contributed by atoms with van der Waals surface area (Å²) in [5.74, 6) is -0.398. The zero-order valence-electron chi connectivity index (χ0n) is 24.3. The van der Waals surface area contributed by atoms with Crippen molar-refractivity contribution < 1.29 is 18.0 Å². The van der Waals surface area contributed by atoms with Gasteiger partial charge >= 0.3 is 0 Å². The summed E-state index contributed by atoms with van der Waals surface area (Å²) in [6, 6.07) is 27.6. The van der Waals surface area contributed by atoms with Crippen molar-refractivity contribution in [2.24, 2.45) is 0 Å². The van der Waals surface area contributed by atoms with Crippen LogP contribution in [0.2, 0.25) is 0 Å². The summed E-state index contributed by atoms with van der Waals surface area (Å²) in [5, 5.41) is 4.61. The second-order valence-corrected chi connectivity index (χ2v) is 13.0. The minimum Gasteiger partial charge on any atom is -0.352 e. The highest BCUT2D eigenvalue weighted by Gasteiger charge is 2.36. The van der Waals surface area contributed by atoms with Crippen LogP contribution >= 0.6 is 0 Å². The molecule has 4 aromatic carbocycles. The van der Waals surface area contributed by atoms with Crippen molar-refractivity contribution in [2.45, 2.75) is 63.6 Å². The van der Waals surface area contributed by atoms with Gasteiger partial charge in [0.2, 0.25) is 11.8 Å². The van der Waals surface area contributed by atoms with E-state index in [1.807, 2.05) is 99.6 Å². The lowest BCUT2D eigenvalue weighted by atomic mass is 10.0. The fourth-order valence-corrected chi connectivity index (χ4v) is 7.37. The molecule has 0 unspecified atom stereocenters. The van der Waals surface area contributed by atoms with Gasteiger partial charge in [-0.2, -0.15) is 0 Å². The van der Waals surface area contributed by atoms with Gasteiger partial charge in [-0.1, -0.05) is 78.9 Å². The van der Waals surface area contributed by atoms with Gasteiger partial charge in [-0.25, -0.2) is 8.42 Å². The van der Waals surface area contributed by atoms with E-state index in [1.54, 1.807) is 17.0 Å². The summed E-state index contributed by atoms with van der Waals surface area (Å²) in [6.07, 6.45) is 0.788. The van der Waals surface area contributed by atoms with E-state index >= 15 is 0 Å². The number of hydrogen-bond acceptors (Lipinski definition) is 4. The average Bonchev–Trinajstić information content (AvgIpc) is 3.19. The Hall–Kier alpha value is -4.17. The Morgan fingerprint density at radius 3 is 2.29 bits per heavy atom. The summed E-state index contributed by atoms with van der Waals surface area (Å²) in [7, 11) is -3.71. The Balaban J connectivity index is 1.40. The Morgan fingerprint density at radius 1 is 0.881 bits per heavy atom. The number of anilines is 1. The van der Waals surface area contributed by atoms with E-state index < -0.39 is 16.1 Å². The number of rotatable bonds is 11. The van der Waals surface area contributed by atoms with E-state index in [-0.39, 0.29) is 37.4 Å². The van der Waals surface area contributed by atoms with Crippen LogP contribution in [0, 0.1) is 6.92 Å². The van der Waals surface area contributed by atoms with Crippen LogP contribution in [0.25, 0.3) is 10.8 Å². The van der Waals surface area contributed by atoms with Crippen LogP contribution in [-0.2, 0) is 32.6 Å². The highest BCUT2D eigenvalue weighted by atomic mass is 32.2. The first-order chi connectivity index (χ1) is 20.2. The van der Waals surface area contributed by atoms with Gasteiger partial charge in [0, 0.05) is 37.4 Å². The standard InChI is InChI=1S/C34H37N3O4S/c1-24(2)35-34(39)30(22-26-13-5-4-6-14-26)36(23-28-15-8-7-12-25(28)3)32(38)20-11-21-37-29-18-9-16-27-17-10-19-31(33(27)29)42(37,40)41/h4-10,12-19,24,30H,11,20-23H2,1-3H3,(H,35,39)/t30-/m0/s1. The molecule has 0 saturated heterocycles. The molecule has 1 heterocycles. The molecule has 0 saturated carbocycles. The molecule has 4 aromatic rings. The van der Waals surface area contributed by atoms with Crippen molar-refractivity contribution >= 4 is 38.3 Å². The summed E-state index contributed by atoms with van der Waals surface area (Å²) < 4.78 is 28.3. The molecule has 0 fully saturated rings. The summed E-state index contributed by atoms with van der Waals surface area (Å²) >= 11 is 0. The van der Waals surface area contributed by atoms with E-state index in [0.717, 1.165) is 27.5 Å². The van der Waals surface area contributed by atoms with Crippen molar-refractivity contribution in [3.8, 4) is 0 Å². The molecule has 8 heteroatoms. The van der Waals surface area contributed by atoms with E-state index in [2.05, 4.69) is 5.32 Å². The van der Waals surface area contributed by atoms with E-state index in [4.69, 9.17) is 0 Å². The maximum absolute atomic E-state index is 14.0. The molecule has 7 nitrogen and oxygen atoms in total. The van der Waals surface area contributed by atoms with Gasteiger partial charge < -0.3 is 10.2 Å². The number of amides is 2. The maximum atomic E-state index is 14.0. The first kappa shape index (κ1) is 29.3. The molecule has 0 spiro atoms. The predicted molar refractivity (Wildman–Crippen MR) is 167 cm³/mol. The quantitative estimate of drug-likeness (QED) is 0.249. The topological polar surface area (TPSA) is 86.8 Å². The molecule has 0 aliphatic carbocycles. The van der Waals surface area contributed by atoms with Gasteiger partial charge in [-0.05, 0) is 61.4 Å². The SMILES string of the molecule is Cc1ccccc1CN(C(=O)CCCN1c2cccc3cccc(c23)S1(=O)=O)[C@@H](Cc1ccccc1)C(=O)NC(C)C. The number of benzene rings is 4. The normalized spacial score (nSPS) is 14.2. The maximum Gasteiger partial charge on any atom is 0.265 e. The van der Waals surface area contributed by atoms with Crippen LogP contribution < -0.4 is 9.62 Å². The lowest BCUT2D eigenvalue weighted by Crippen LogP contribution is -2.52. The number of nitrogens with zero attached hydrogens (tertiary/aromatic N) is 2. The molecule has 1 atom stereocenters. The fraction of sp³-hybridized carbons (Fsp3) is 0.294. The third-order valence-corrected chi connectivity index (χ3v) is 9.59. The number of sulfonamides is 1. The number of aryl methyl sites for hydroxylation is 1. The number of carbonyl (C=O) groups is 2. The highest BCUT2D eigenvalue weighted by molar-refractivity contribution is 7.93. The van der Waals surface area contributed by atoms with E-state index in [1.165, 1.54) is 4.31 Å². The lowest BCUT2D eigenvalue weighted by Gasteiger charge is -2.32. The highest BCUT2D eigenvalue weighted by Crippen LogP contribution is 2.42. The van der Waals surface area contributed by atoms with Crippen LogP contribution in [0.1, 0.15) is 43.4 Å². The third-order valence-electron chi connectivity index (χ3n) is 7.74. The van der Waals surface area contributed by atoms with E-state index in [0.29, 0.717) is 23.4 Å². The fourth-order valence-electron chi connectivity index (χ4n) is 5.62. The van der Waals surface area contributed by atoms with Crippen LogP contribution in [0.5, 0.6) is 0 Å². The number of hydrogen-bond donors (Lipinski definition) is 1. The largest absolute Gasteiger partial charge is 0.352 e. The average molecular weight is 584 g/mol. The van der Waals surface area contributed by atoms with Crippen LogP contribution in [0.4, 0.5) is 5.69 Å². The van der Waals surface area contributed by atoms with Crippen LogP contribution in [0.3, 0.4) is 0 Å². The Morgan fingerprint density at radius 2 is 1.57 bits per heavy atom. The zero-order valence-corrected chi connectivity index (χ0v) is 25.1. The van der Waals surface area contributed by atoms with E-state index in [9.17, 15) is 18.0 Å². The Bertz CT molecular complexity index is 1700. The van der Waals surface area contributed by atoms with Gasteiger partial charge in [0.05, 0.1) is 10.6 Å². The van der Waals surface area contributed by atoms with Crippen LogP contribution in [0.15, 0.2) is 95.9 Å². The van der Waals surface area contributed by atoms with Crippen molar-refractivity contribution in [1.29, 1.82) is 0 Å². The molecule has 0 radical (unpaired) electrons. The number of carbonyl (C=O) groups excluding carboxylic acids is 2. The molecule has 1 aliphatic rings. The second kappa shape index (κ2) is 12.4. The van der Waals surface area contributed by atoms with Gasteiger partial charge in [0.1, 0.15) is 6.04 Å². The molecule has 42 heavy (non-hydrogen) atoms. The van der Waals surface area contributed by atoms with Gasteiger partial charge in [-0.3, -0.25) is 13.9 Å². The molecule has 0 aromatic heterocycles. The predicted octanol–water partition coefficient (Wildman–Crippen LogP) is 5.60. The summed E-state index contributed by atoms with van der Waals surface area (Å²) in [5.41, 5.74) is 3.60. The van der Waals surface area contributed by atoms with Crippen molar-refractivity contribution in [1.82, 2.24) is 10.2 Å². The smallest absolute Gasteiger partial charge is 0.265 e. The molecule has 5 rings (SSSR count). The molecule has 1 aliphatic heterocycles. The molecule has 1 N–H and O–H groups in total. The van der Waals surface area contributed by atoms with Crippen molar-refractivity contribution in [3.63, 3.8) is 0 Å². The minimum absolute atomic E-state index is 0.0871. The molecule has 0 bridgehead atoms. The molecule has 2 amide bonds. The lowest BCUT2D eigenvalue weighted by molar-refractivity contribution is -0.141. The first-order valence-electron chi connectivity index (χ1n) is 14.4. The zero-order chi connectivity index (χ0) is 29.9. The van der Waals surface area contributed by atoms with Gasteiger partial charge in [0.25, 0.3) is 10.0 Å². The monoisotopic (exact) mass is 583 g/mol. The first-order valence-corrected chi connectivity index (χ1v) is 15.8. The van der Waals surface area contributed by atoms with Crippen molar-refractivity contribution in [3.05, 3.63) is 108 Å². The summed E-state index contributed by atoms with van der Waals surface area (Å²) in [6.45, 7) is 6.25. The van der Waals surface area contributed by atoms with Crippen molar-refractivity contribution in [2.75, 3.05) is 10.8 Å². The van der Waals surface area contributed by atoms with Gasteiger partial charge in [-0.15, -0.1) is 0 Å². The summed E-state index contributed by atoms with van der Waals surface area (Å²) in [4.78, 5) is 29.6. The second-order valence-electron chi connectivity index (χ2n) is 11.1. The molecule has 218 valence electrons. The van der Waals surface area contributed by atoms with Gasteiger partial charge in [0.15, 0.2) is 0 Å². The third kappa shape index (κ3) is 6.04. The van der Waals surface area contributed by atoms with Crippen LogP contribution in [-0.4, -0.2) is 43.8 Å². The minimum atomic E-state index is -3.71.